The third-order valence-corrected chi connectivity index (χ3v) is 5.86. The van der Waals surface area contributed by atoms with Gasteiger partial charge in [-0.3, -0.25) is 4.79 Å². The zero-order chi connectivity index (χ0) is 20.3. The Hall–Kier alpha value is -3.48. The number of nitrogens with one attached hydrogen (secondary N) is 1. The first-order valence-corrected chi connectivity index (χ1v) is 10.5. The van der Waals surface area contributed by atoms with Gasteiger partial charge in [0.2, 0.25) is 0 Å². The number of aromatic amines is 1. The van der Waals surface area contributed by atoms with E-state index in [1.165, 1.54) is 10.1 Å². The first kappa shape index (κ1) is 18.5. The molecule has 3 heterocycles. The maximum Gasteiger partial charge on any atom is 0.274 e. The van der Waals surface area contributed by atoms with E-state index in [0.29, 0.717) is 18.9 Å². The molecule has 0 aliphatic carbocycles. The highest BCUT2D eigenvalue weighted by Crippen LogP contribution is 2.34. The zero-order valence-corrected chi connectivity index (χ0v) is 16.9. The van der Waals surface area contributed by atoms with E-state index in [-0.39, 0.29) is 5.56 Å². The van der Waals surface area contributed by atoms with Crippen molar-refractivity contribution in [1.82, 2.24) is 14.6 Å². The second-order valence-corrected chi connectivity index (χ2v) is 7.91. The average molecular weight is 414 g/mol. The SMILES string of the molecule is O=c1cc(COCc2ccccc2)[nH]c2c(-c3cc(-c4ccccc4)cs3)cnn12. The number of rotatable bonds is 6. The minimum absolute atomic E-state index is 0.173. The maximum atomic E-state index is 12.5. The topological polar surface area (TPSA) is 59.4 Å². The summed E-state index contributed by atoms with van der Waals surface area (Å²) in [5, 5.41) is 6.41. The van der Waals surface area contributed by atoms with Crippen molar-refractivity contribution in [1.29, 1.82) is 0 Å². The lowest BCUT2D eigenvalue weighted by Gasteiger charge is -2.06. The molecule has 0 amide bonds. The highest BCUT2D eigenvalue weighted by Gasteiger charge is 2.13. The summed E-state index contributed by atoms with van der Waals surface area (Å²) in [6.45, 7) is 0.816. The molecule has 0 saturated heterocycles. The van der Waals surface area contributed by atoms with Crippen molar-refractivity contribution in [2.45, 2.75) is 13.2 Å². The van der Waals surface area contributed by atoms with Crippen LogP contribution >= 0.6 is 11.3 Å². The van der Waals surface area contributed by atoms with E-state index in [4.69, 9.17) is 4.74 Å². The van der Waals surface area contributed by atoms with Crippen LogP contribution in [0, 0.1) is 0 Å². The van der Waals surface area contributed by atoms with Crippen molar-refractivity contribution in [3.63, 3.8) is 0 Å². The minimum Gasteiger partial charge on any atom is -0.371 e. The summed E-state index contributed by atoms with van der Waals surface area (Å²) in [7, 11) is 0. The number of hydrogen-bond acceptors (Lipinski definition) is 4. The van der Waals surface area contributed by atoms with Crippen molar-refractivity contribution >= 4 is 17.0 Å². The largest absolute Gasteiger partial charge is 0.371 e. The summed E-state index contributed by atoms with van der Waals surface area (Å²) in [5.74, 6) is 0. The van der Waals surface area contributed by atoms with E-state index in [0.717, 1.165) is 27.3 Å². The first-order chi connectivity index (χ1) is 14.8. The molecular weight excluding hydrogens is 394 g/mol. The number of fused-ring (bicyclic) bond motifs is 1. The van der Waals surface area contributed by atoms with Gasteiger partial charge in [0, 0.05) is 16.6 Å². The van der Waals surface area contributed by atoms with Crippen LogP contribution in [-0.4, -0.2) is 14.6 Å². The Morgan fingerprint density at radius 1 is 0.933 bits per heavy atom. The van der Waals surface area contributed by atoms with Crippen molar-refractivity contribution in [3.05, 3.63) is 106 Å². The lowest BCUT2D eigenvalue weighted by Crippen LogP contribution is -2.16. The van der Waals surface area contributed by atoms with Crippen LogP contribution in [0.1, 0.15) is 11.3 Å². The van der Waals surface area contributed by atoms with Crippen LogP contribution in [0.25, 0.3) is 27.2 Å². The normalized spacial score (nSPS) is 11.2. The molecule has 0 unspecified atom stereocenters. The molecule has 0 bridgehead atoms. The van der Waals surface area contributed by atoms with E-state index < -0.39 is 0 Å². The second-order valence-electron chi connectivity index (χ2n) is 7.00. The van der Waals surface area contributed by atoms with Gasteiger partial charge in [0.25, 0.3) is 5.56 Å². The van der Waals surface area contributed by atoms with Crippen molar-refractivity contribution < 1.29 is 4.74 Å². The average Bonchev–Trinajstić information content (AvgIpc) is 3.43. The smallest absolute Gasteiger partial charge is 0.274 e. The fourth-order valence-electron chi connectivity index (χ4n) is 3.40. The fourth-order valence-corrected chi connectivity index (χ4v) is 4.33. The molecule has 5 aromatic rings. The number of H-pyrrole nitrogens is 1. The molecule has 0 atom stereocenters. The molecule has 0 saturated carbocycles. The number of thiophene rings is 1. The quantitative estimate of drug-likeness (QED) is 0.420. The van der Waals surface area contributed by atoms with Crippen LogP contribution < -0.4 is 5.56 Å². The molecular formula is C24H19N3O2S. The molecule has 0 radical (unpaired) electrons. The van der Waals surface area contributed by atoms with Gasteiger partial charge in [-0.2, -0.15) is 9.61 Å². The van der Waals surface area contributed by atoms with Gasteiger partial charge in [-0.25, -0.2) is 0 Å². The molecule has 0 fully saturated rings. The zero-order valence-electron chi connectivity index (χ0n) is 16.1. The Balaban J connectivity index is 1.43. The monoisotopic (exact) mass is 413 g/mol. The Morgan fingerprint density at radius 2 is 1.70 bits per heavy atom. The van der Waals surface area contributed by atoms with Gasteiger partial charge in [0.15, 0.2) is 0 Å². The van der Waals surface area contributed by atoms with Crippen LogP contribution in [0.4, 0.5) is 0 Å². The number of hydrogen-bond donors (Lipinski definition) is 1. The van der Waals surface area contributed by atoms with E-state index in [1.54, 1.807) is 23.6 Å². The molecule has 6 heteroatoms. The minimum atomic E-state index is -0.173. The van der Waals surface area contributed by atoms with Gasteiger partial charge in [-0.1, -0.05) is 60.7 Å². The molecule has 30 heavy (non-hydrogen) atoms. The molecule has 1 N–H and O–H groups in total. The molecule has 0 aliphatic rings. The van der Waals surface area contributed by atoms with E-state index >= 15 is 0 Å². The lowest BCUT2D eigenvalue weighted by atomic mass is 10.1. The highest BCUT2D eigenvalue weighted by molar-refractivity contribution is 7.14. The highest BCUT2D eigenvalue weighted by atomic mass is 32.1. The third-order valence-electron chi connectivity index (χ3n) is 4.90. The predicted molar refractivity (Wildman–Crippen MR) is 119 cm³/mol. The van der Waals surface area contributed by atoms with Crippen molar-refractivity contribution in [3.8, 4) is 21.6 Å². The summed E-state index contributed by atoms with van der Waals surface area (Å²) in [6, 6.07) is 23.9. The molecule has 148 valence electrons. The van der Waals surface area contributed by atoms with Crippen LogP contribution in [0.2, 0.25) is 0 Å². The Morgan fingerprint density at radius 3 is 2.50 bits per heavy atom. The van der Waals surface area contributed by atoms with Crippen molar-refractivity contribution in [2.24, 2.45) is 0 Å². The van der Waals surface area contributed by atoms with E-state index in [1.807, 2.05) is 48.5 Å². The number of aromatic nitrogens is 3. The summed E-state index contributed by atoms with van der Waals surface area (Å²) in [4.78, 5) is 16.9. The van der Waals surface area contributed by atoms with E-state index in [2.05, 4.69) is 33.7 Å². The molecule has 2 aromatic carbocycles. The third kappa shape index (κ3) is 3.70. The maximum absolute atomic E-state index is 12.5. The van der Waals surface area contributed by atoms with Crippen LogP contribution in [0.5, 0.6) is 0 Å². The summed E-state index contributed by atoms with van der Waals surface area (Å²) in [6.07, 6.45) is 1.74. The Labute approximate surface area is 177 Å². The van der Waals surface area contributed by atoms with Crippen LogP contribution in [-0.2, 0) is 18.0 Å². The van der Waals surface area contributed by atoms with Crippen molar-refractivity contribution in [2.75, 3.05) is 0 Å². The van der Waals surface area contributed by atoms with Crippen LogP contribution in [0.15, 0.2) is 89.2 Å². The number of nitrogens with zero attached hydrogens (tertiary/aromatic N) is 2. The van der Waals surface area contributed by atoms with Gasteiger partial charge in [-0.15, -0.1) is 11.3 Å². The van der Waals surface area contributed by atoms with Gasteiger partial charge in [-0.05, 0) is 28.1 Å². The van der Waals surface area contributed by atoms with Gasteiger partial charge < -0.3 is 9.72 Å². The number of ether oxygens (including phenoxy) is 1. The predicted octanol–water partition coefficient (Wildman–Crippen LogP) is 5.13. The van der Waals surface area contributed by atoms with Gasteiger partial charge >= 0.3 is 0 Å². The summed E-state index contributed by atoms with van der Waals surface area (Å²) < 4.78 is 7.20. The first-order valence-electron chi connectivity index (χ1n) is 9.64. The Kier molecular flexibility index (Phi) is 5.01. The second kappa shape index (κ2) is 8.10. The molecule has 0 aliphatic heterocycles. The van der Waals surface area contributed by atoms with Gasteiger partial charge in [0.1, 0.15) is 5.65 Å². The van der Waals surface area contributed by atoms with E-state index in [9.17, 15) is 4.79 Å². The summed E-state index contributed by atoms with van der Waals surface area (Å²) >= 11 is 1.64. The Bertz CT molecular complexity index is 1340. The molecule has 5 nitrogen and oxygen atoms in total. The van der Waals surface area contributed by atoms with Gasteiger partial charge in [0.05, 0.1) is 25.0 Å². The molecule has 3 aromatic heterocycles. The molecule has 5 rings (SSSR count). The summed E-state index contributed by atoms with van der Waals surface area (Å²) in [5.41, 5.74) is 5.56. The molecule has 0 spiro atoms. The fraction of sp³-hybridized carbons (Fsp3) is 0.0833. The lowest BCUT2D eigenvalue weighted by molar-refractivity contribution is 0.104. The number of benzene rings is 2. The standard InChI is InChI=1S/C24H19N3O2S/c28-23-12-20(15-29-14-17-7-3-1-4-8-17)26-24-21(13-25-27(23)24)22-11-19(16-30-22)18-9-5-2-6-10-18/h1-13,16,26H,14-15H2. The van der Waals surface area contributed by atoms with Crippen LogP contribution in [0.3, 0.4) is 0 Å².